The van der Waals surface area contributed by atoms with Gasteiger partial charge in [-0.3, -0.25) is 4.79 Å². The van der Waals surface area contributed by atoms with E-state index in [0.29, 0.717) is 5.76 Å². The number of aromatic nitrogens is 2. The molecule has 1 atom stereocenters. The van der Waals surface area contributed by atoms with Crippen LogP contribution in [-0.2, 0) is 11.0 Å². The van der Waals surface area contributed by atoms with Gasteiger partial charge in [0, 0.05) is 0 Å². The molecule has 1 amide bonds. The lowest BCUT2D eigenvalue weighted by molar-refractivity contribution is -0.137. The van der Waals surface area contributed by atoms with Crippen molar-refractivity contribution in [3.8, 4) is 11.7 Å². The number of para-hydroxylation sites is 1. The van der Waals surface area contributed by atoms with Crippen LogP contribution in [0.3, 0.4) is 0 Å². The number of anilines is 1. The number of furan rings is 1. The highest BCUT2D eigenvalue weighted by Gasteiger charge is 2.34. The third-order valence-corrected chi connectivity index (χ3v) is 4.21. The van der Waals surface area contributed by atoms with Gasteiger partial charge in [-0.15, -0.1) is 10.2 Å². The van der Waals surface area contributed by atoms with E-state index in [1.807, 2.05) is 0 Å². The van der Waals surface area contributed by atoms with E-state index in [4.69, 9.17) is 8.83 Å². The molecule has 0 bridgehead atoms. The molecular weight excluding hydrogens is 371 g/mol. The number of carbonyl (C=O) groups excluding carboxylic acids is 1. The summed E-state index contributed by atoms with van der Waals surface area (Å²) in [6.07, 6.45) is -3.12. The Morgan fingerprint density at radius 1 is 1.19 bits per heavy atom. The van der Waals surface area contributed by atoms with E-state index < -0.39 is 22.9 Å². The molecule has 0 saturated heterocycles. The topological polar surface area (TPSA) is 81.2 Å². The van der Waals surface area contributed by atoms with E-state index in [-0.39, 0.29) is 16.8 Å². The van der Waals surface area contributed by atoms with E-state index in [2.05, 4.69) is 15.5 Å². The van der Waals surface area contributed by atoms with Gasteiger partial charge in [0.1, 0.15) is 0 Å². The second kappa shape index (κ2) is 7.24. The summed E-state index contributed by atoms with van der Waals surface area (Å²) in [7, 11) is 0. The highest BCUT2D eigenvalue weighted by molar-refractivity contribution is 8.00. The van der Waals surface area contributed by atoms with Crippen molar-refractivity contribution in [1.29, 1.82) is 0 Å². The summed E-state index contributed by atoms with van der Waals surface area (Å²) in [4.78, 5) is 12.2. The Morgan fingerprint density at radius 2 is 1.96 bits per heavy atom. The zero-order chi connectivity index (χ0) is 18.7. The molecule has 0 aliphatic rings. The number of carbonyl (C=O) groups is 1. The normalized spacial score (nSPS) is 12.8. The Bertz CT molecular complexity index is 894. The molecule has 2 heterocycles. The third kappa shape index (κ3) is 4.07. The summed E-state index contributed by atoms with van der Waals surface area (Å²) in [5.74, 6) is -0.0995. The molecule has 2 aromatic heterocycles. The van der Waals surface area contributed by atoms with Crippen molar-refractivity contribution in [2.24, 2.45) is 0 Å². The number of rotatable bonds is 5. The maximum Gasteiger partial charge on any atom is 0.418 e. The second-order valence-electron chi connectivity index (χ2n) is 5.14. The molecule has 6 nitrogen and oxygen atoms in total. The number of benzene rings is 1. The second-order valence-corrected chi connectivity index (χ2v) is 6.44. The number of hydrogen-bond acceptors (Lipinski definition) is 6. The van der Waals surface area contributed by atoms with Crippen LogP contribution in [0.1, 0.15) is 12.5 Å². The molecule has 0 unspecified atom stereocenters. The van der Waals surface area contributed by atoms with Gasteiger partial charge >= 0.3 is 6.18 Å². The molecule has 136 valence electrons. The Morgan fingerprint density at radius 3 is 2.65 bits per heavy atom. The minimum atomic E-state index is -4.56. The first kappa shape index (κ1) is 18.1. The summed E-state index contributed by atoms with van der Waals surface area (Å²) < 4.78 is 49.4. The highest BCUT2D eigenvalue weighted by atomic mass is 32.2. The quantitative estimate of drug-likeness (QED) is 0.655. The van der Waals surface area contributed by atoms with Gasteiger partial charge < -0.3 is 14.2 Å². The van der Waals surface area contributed by atoms with E-state index in [1.165, 1.54) is 31.4 Å². The van der Waals surface area contributed by atoms with Gasteiger partial charge in [0.25, 0.3) is 11.1 Å². The number of nitrogens with one attached hydrogen (secondary N) is 1. The van der Waals surface area contributed by atoms with Gasteiger partial charge in [0.05, 0.1) is 22.8 Å². The van der Waals surface area contributed by atoms with Crippen molar-refractivity contribution in [2.45, 2.75) is 23.6 Å². The molecule has 3 aromatic rings. The molecule has 0 radical (unpaired) electrons. The van der Waals surface area contributed by atoms with Gasteiger partial charge in [0.2, 0.25) is 5.91 Å². The van der Waals surface area contributed by atoms with Crippen molar-refractivity contribution in [2.75, 3.05) is 5.32 Å². The van der Waals surface area contributed by atoms with Crippen LogP contribution < -0.4 is 5.32 Å². The summed E-state index contributed by atoms with van der Waals surface area (Å²) in [6.45, 7) is 1.52. The molecule has 0 fully saturated rings. The Kier molecular flexibility index (Phi) is 5.03. The van der Waals surface area contributed by atoms with Crippen molar-refractivity contribution in [3.05, 3.63) is 48.2 Å². The van der Waals surface area contributed by atoms with Gasteiger partial charge in [-0.25, -0.2) is 0 Å². The molecule has 0 aliphatic heterocycles. The number of hydrogen-bond donors (Lipinski definition) is 1. The minimum absolute atomic E-state index is 0.100. The molecule has 0 saturated carbocycles. The lowest BCUT2D eigenvalue weighted by atomic mass is 10.1. The van der Waals surface area contributed by atoms with Gasteiger partial charge in [-0.1, -0.05) is 23.9 Å². The number of thioether (sulfide) groups is 1. The van der Waals surface area contributed by atoms with Crippen molar-refractivity contribution < 1.29 is 26.8 Å². The predicted octanol–water partition coefficient (Wildman–Crippen LogP) is 4.47. The predicted molar refractivity (Wildman–Crippen MR) is 87.4 cm³/mol. The number of alkyl halides is 3. The first-order chi connectivity index (χ1) is 12.3. The number of halogens is 3. The highest BCUT2D eigenvalue weighted by Crippen LogP contribution is 2.35. The minimum Gasteiger partial charge on any atom is -0.459 e. The smallest absolute Gasteiger partial charge is 0.418 e. The average molecular weight is 383 g/mol. The summed E-state index contributed by atoms with van der Waals surface area (Å²) >= 11 is 0.927. The van der Waals surface area contributed by atoms with E-state index in [9.17, 15) is 18.0 Å². The number of amides is 1. The van der Waals surface area contributed by atoms with Gasteiger partial charge in [-0.2, -0.15) is 13.2 Å². The SMILES string of the molecule is C[C@@H](Sc1nnc(-c2ccco2)o1)C(=O)Nc1ccccc1C(F)(F)F. The van der Waals surface area contributed by atoms with Gasteiger partial charge in [0.15, 0.2) is 5.76 Å². The molecule has 26 heavy (non-hydrogen) atoms. The van der Waals surface area contributed by atoms with Crippen LogP contribution in [0.4, 0.5) is 18.9 Å². The van der Waals surface area contributed by atoms with Crippen molar-refractivity contribution >= 4 is 23.4 Å². The van der Waals surface area contributed by atoms with Crippen LogP contribution in [0.25, 0.3) is 11.7 Å². The monoisotopic (exact) mass is 383 g/mol. The first-order valence-corrected chi connectivity index (χ1v) is 8.23. The summed E-state index contributed by atoms with van der Waals surface area (Å²) in [6, 6.07) is 8.05. The third-order valence-electron chi connectivity index (χ3n) is 3.28. The van der Waals surface area contributed by atoms with Crippen LogP contribution in [0.15, 0.2) is 56.7 Å². The fraction of sp³-hybridized carbons (Fsp3) is 0.188. The molecule has 1 N–H and O–H groups in total. The average Bonchev–Trinajstić information content (AvgIpc) is 3.25. The van der Waals surface area contributed by atoms with Crippen LogP contribution >= 0.6 is 11.8 Å². The lowest BCUT2D eigenvalue weighted by Gasteiger charge is -2.15. The Balaban J connectivity index is 1.68. The zero-order valence-electron chi connectivity index (χ0n) is 13.3. The van der Waals surface area contributed by atoms with E-state index in [0.717, 1.165) is 17.8 Å². The molecule has 3 rings (SSSR count). The van der Waals surface area contributed by atoms with Crippen molar-refractivity contribution in [3.63, 3.8) is 0 Å². The lowest BCUT2D eigenvalue weighted by Crippen LogP contribution is -2.24. The Hall–Kier alpha value is -2.75. The zero-order valence-corrected chi connectivity index (χ0v) is 14.1. The van der Waals surface area contributed by atoms with Crippen LogP contribution in [0, 0.1) is 0 Å². The number of nitrogens with zero attached hydrogens (tertiary/aromatic N) is 2. The molecule has 10 heteroatoms. The molecule has 0 aliphatic carbocycles. The maximum absolute atomic E-state index is 13.0. The van der Waals surface area contributed by atoms with Crippen molar-refractivity contribution in [1.82, 2.24) is 10.2 Å². The largest absolute Gasteiger partial charge is 0.459 e. The molecule has 1 aromatic carbocycles. The summed E-state index contributed by atoms with van der Waals surface area (Å²) in [5.41, 5.74) is -1.22. The fourth-order valence-corrected chi connectivity index (χ4v) is 2.72. The Labute approximate surface area is 149 Å². The van der Waals surface area contributed by atoms with E-state index in [1.54, 1.807) is 12.1 Å². The molecular formula is C16H12F3N3O3S. The van der Waals surface area contributed by atoms with Crippen LogP contribution in [0.2, 0.25) is 0 Å². The van der Waals surface area contributed by atoms with E-state index >= 15 is 0 Å². The maximum atomic E-state index is 13.0. The van der Waals surface area contributed by atoms with Crippen LogP contribution in [0.5, 0.6) is 0 Å². The van der Waals surface area contributed by atoms with Gasteiger partial charge in [-0.05, 0) is 31.2 Å². The summed E-state index contributed by atoms with van der Waals surface area (Å²) in [5, 5.41) is 9.20. The standard InChI is InChI=1S/C16H12F3N3O3S/c1-9(26-15-22-21-14(25-15)12-7-4-8-24-12)13(23)20-11-6-3-2-5-10(11)16(17,18)19/h2-9H,1H3,(H,20,23)/t9-/m1/s1. The van der Waals surface area contributed by atoms with Crippen LogP contribution in [-0.4, -0.2) is 21.4 Å². The molecule has 0 spiro atoms. The first-order valence-electron chi connectivity index (χ1n) is 7.35. The fourth-order valence-electron chi connectivity index (χ4n) is 2.04.